The summed E-state index contributed by atoms with van der Waals surface area (Å²) < 4.78 is 11.3. The molecule has 1 heterocycles. The number of amides is 1. The molecule has 5 nitrogen and oxygen atoms in total. The lowest BCUT2D eigenvalue weighted by atomic mass is 10.0. The average Bonchev–Trinajstić information content (AvgIpc) is 3.28. The van der Waals surface area contributed by atoms with Crippen molar-refractivity contribution in [1.82, 2.24) is 9.88 Å². The molecule has 0 aliphatic heterocycles. The van der Waals surface area contributed by atoms with E-state index in [1.54, 1.807) is 18.4 Å². The number of hydrogen-bond donors (Lipinski definition) is 0. The minimum absolute atomic E-state index is 0.00124. The Bertz CT molecular complexity index is 1010. The maximum atomic E-state index is 13.2. The van der Waals surface area contributed by atoms with Gasteiger partial charge in [-0.1, -0.05) is 39.0 Å². The normalized spacial score (nSPS) is 11.9. The number of benzene rings is 2. The van der Waals surface area contributed by atoms with E-state index in [9.17, 15) is 4.79 Å². The van der Waals surface area contributed by atoms with Crippen molar-refractivity contribution in [2.75, 3.05) is 7.11 Å². The van der Waals surface area contributed by atoms with Crippen LogP contribution in [0.3, 0.4) is 0 Å². The molecule has 0 fully saturated rings. The van der Waals surface area contributed by atoms with Crippen LogP contribution in [0.15, 0.2) is 53.9 Å². The van der Waals surface area contributed by atoms with Gasteiger partial charge in [0.2, 0.25) is 0 Å². The molecule has 2 aromatic carbocycles. The van der Waals surface area contributed by atoms with Gasteiger partial charge in [-0.2, -0.15) is 0 Å². The van der Waals surface area contributed by atoms with Crippen LogP contribution >= 0.6 is 11.3 Å². The smallest absolute Gasteiger partial charge is 0.254 e. The second-order valence-electron chi connectivity index (χ2n) is 8.13. The highest BCUT2D eigenvalue weighted by atomic mass is 32.1. The Labute approximate surface area is 195 Å². The summed E-state index contributed by atoms with van der Waals surface area (Å²) in [5.74, 6) is 2.03. The lowest BCUT2D eigenvalue weighted by Gasteiger charge is -2.28. The second kappa shape index (κ2) is 11.1. The maximum absolute atomic E-state index is 13.2. The number of rotatable bonds is 10. The summed E-state index contributed by atoms with van der Waals surface area (Å²) >= 11 is 1.57. The van der Waals surface area contributed by atoms with Crippen LogP contribution in [0, 0.1) is 0 Å². The van der Waals surface area contributed by atoms with Gasteiger partial charge in [0.05, 0.1) is 19.3 Å². The van der Waals surface area contributed by atoms with Crippen LogP contribution < -0.4 is 9.47 Å². The van der Waals surface area contributed by atoms with Crippen LogP contribution in [-0.2, 0) is 13.2 Å². The van der Waals surface area contributed by atoms with Crippen LogP contribution in [0.4, 0.5) is 0 Å². The number of carbonyl (C=O) groups is 1. The third-order valence-electron chi connectivity index (χ3n) is 5.54. The number of ether oxygens (including phenoxy) is 2. The maximum Gasteiger partial charge on any atom is 0.254 e. The van der Waals surface area contributed by atoms with Crippen LogP contribution in [0.2, 0.25) is 0 Å². The van der Waals surface area contributed by atoms with Gasteiger partial charge in [-0.15, -0.1) is 11.3 Å². The largest absolute Gasteiger partial charge is 0.497 e. The molecule has 1 aromatic heterocycles. The van der Waals surface area contributed by atoms with Gasteiger partial charge >= 0.3 is 0 Å². The summed E-state index contributed by atoms with van der Waals surface area (Å²) in [6.45, 7) is 9.37. The molecule has 1 unspecified atom stereocenters. The summed E-state index contributed by atoms with van der Waals surface area (Å²) in [6.07, 6.45) is 0.869. The minimum Gasteiger partial charge on any atom is -0.497 e. The minimum atomic E-state index is -0.00124. The van der Waals surface area contributed by atoms with E-state index in [0.29, 0.717) is 24.6 Å². The molecule has 0 saturated heterocycles. The van der Waals surface area contributed by atoms with Gasteiger partial charge in [-0.3, -0.25) is 4.79 Å². The highest BCUT2D eigenvalue weighted by Crippen LogP contribution is 2.27. The van der Waals surface area contributed by atoms with Gasteiger partial charge in [-0.25, -0.2) is 4.98 Å². The number of hydrogen-bond acceptors (Lipinski definition) is 5. The van der Waals surface area contributed by atoms with Crippen LogP contribution in [0.1, 0.15) is 66.7 Å². The first-order valence-corrected chi connectivity index (χ1v) is 11.9. The second-order valence-corrected chi connectivity index (χ2v) is 9.08. The number of thiazole rings is 1. The van der Waals surface area contributed by atoms with Crippen molar-refractivity contribution in [1.29, 1.82) is 0 Å². The van der Waals surface area contributed by atoms with E-state index >= 15 is 0 Å². The summed E-state index contributed by atoms with van der Waals surface area (Å²) in [5.41, 5.74) is 2.72. The standard InChI is InChI=1S/C26H32N2O3S/c1-6-19(4)28(26(29)20-11-13-22(30-5)14-12-20)15-21-17-32-25(27-21)16-31-24-10-8-7-9-23(24)18(2)3/h7-14,17-19H,6,15-16H2,1-5H3. The molecule has 1 amide bonds. The van der Waals surface area contributed by atoms with Gasteiger partial charge in [-0.05, 0) is 55.2 Å². The van der Waals surface area contributed by atoms with Gasteiger partial charge in [0.25, 0.3) is 5.91 Å². The fourth-order valence-electron chi connectivity index (χ4n) is 3.44. The molecule has 0 spiro atoms. The zero-order valence-corrected chi connectivity index (χ0v) is 20.3. The fourth-order valence-corrected chi connectivity index (χ4v) is 4.13. The van der Waals surface area contributed by atoms with Crippen molar-refractivity contribution in [2.45, 2.75) is 59.2 Å². The highest BCUT2D eigenvalue weighted by Gasteiger charge is 2.22. The van der Waals surface area contributed by atoms with Gasteiger partial charge in [0.15, 0.2) is 0 Å². The third kappa shape index (κ3) is 5.88. The first-order chi connectivity index (χ1) is 15.4. The number of carbonyl (C=O) groups excluding carboxylic acids is 1. The van der Waals surface area contributed by atoms with E-state index in [2.05, 4.69) is 33.8 Å². The SMILES string of the molecule is CCC(C)N(Cc1csc(COc2ccccc2C(C)C)n1)C(=O)c1ccc(OC)cc1. The summed E-state index contributed by atoms with van der Waals surface area (Å²) in [7, 11) is 1.62. The van der Waals surface area contributed by atoms with Crippen molar-refractivity contribution in [2.24, 2.45) is 0 Å². The van der Waals surface area contributed by atoms with E-state index in [1.165, 1.54) is 5.56 Å². The van der Waals surface area contributed by atoms with E-state index in [4.69, 9.17) is 14.5 Å². The Morgan fingerprint density at radius 2 is 1.81 bits per heavy atom. The average molecular weight is 453 g/mol. The molecule has 3 aromatic rings. The monoisotopic (exact) mass is 452 g/mol. The van der Waals surface area contributed by atoms with Crippen LogP contribution in [-0.4, -0.2) is 28.9 Å². The molecule has 170 valence electrons. The highest BCUT2D eigenvalue weighted by molar-refractivity contribution is 7.09. The van der Waals surface area contributed by atoms with E-state index in [1.807, 2.05) is 52.7 Å². The molecule has 0 aliphatic carbocycles. The molecule has 0 bridgehead atoms. The fraction of sp³-hybridized carbons (Fsp3) is 0.385. The zero-order valence-electron chi connectivity index (χ0n) is 19.5. The number of para-hydroxylation sites is 1. The predicted molar refractivity (Wildman–Crippen MR) is 130 cm³/mol. The lowest BCUT2D eigenvalue weighted by Crippen LogP contribution is -2.37. The number of methoxy groups -OCH3 is 1. The Hall–Kier alpha value is -2.86. The van der Waals surface area contributed by atoms with Gasteiger partial charge < -0.3 is 14.4 Å². The molecule has 0 radical (unpaired) electrons. The van der Waals surface area contributed by atoms with Crippen molar-refractivity contribution >= 4 is 17.2 Å². The van der Waals surface area contributed by atoms with Crippen molar-refractivity contribution in [3.05, 3.63) is 75.7 Å². The molecular formula is C26H32N2O3S. The van der Waals surface area contributed by atoms with Crippen LogP contribution in [0.5, 0.6) is 11.5 Å². The number of nitrogens with zero attached hydrogens (tertiary/aromatic N) is 2. The Morgan fingerprint density at radius 3 is 2.47 bits per heavy atom. The Kier molecular flexibility index (Phi) is 8.28. The molecule has 3 rings (SSSR count). The first kappa shape index (κ1) is 23.8. The molecule has 0 saturated carbocycles. The predicted octanol–water partition coefficient (Wildman–Crippen LogP) is 6.30. The summed E-state index contributed by atoms with van der Waals surface area (Å²) in [4.78, 5) is 19.8. The van der Waals surface area contributed by atoms with E-state index in [0.717, 1.165) is 28.6 Å². The summed E-state index contributed by atoms with van der Waals surface area (Å²) in [5, 5.41) is 2.92. The van der Waals surface area contributed by atoms with Gasteiger partial charge in [0, 0.05) is 17.0 Å². The van der Waals surface area contributed by atoms with Gasteiger partial charge in [0.1, 0.15) is 23.1 Å². The Balaban J connectivity index is 1.70. The van der Waals surface area contributed by atoms with Crippen molar-refractivity contribution < 1.29 is 14.3 Å². The van der Waals surface area contributed by atoms with E-state index < -0.39 is 0 Å². The number of aromatic nitrogens is 1. The van der Waals surface area contributed by atoms with Crippen molar-refractivity contribution in [3.8, 4) is 11.5 Å². The molecule has 1 atom stereocenters. The van der Waals surface area contributed by atoms with Crippen molar-refractivity contribution in [3.63, 3.8) is 0 Å². The molecule has 0 aliphatic rings. The lowest BCUT2D eigenvalue weighted by molar-refractivity contribution is 0.0669. The third-order valence-corrected chi connectivity index (χ3v) is 6.42. The molecule has 32 heavy (non-hydrogen) atoms. The topological polar surface area (TPSA) is 51.7 Å². The summed E-state index contributed by atoms with van der Waals surface area (Å²) in [6, 6.07) is 15.5. The van der Waals surface area contributed by atoms with Crippen LogP contribution in [0.25, 0.3) is 0 Å². The quantitative estimate of drug-likeness (QED) is 0.362. The Morgan fingerprint density at radius 1 is 1.09 bits per heavy atom. The molecule has 6 heteroatoms. The van der Waals surface area contributed by atoms with E-state index in [-0.39, 0.29) is 11.9 Å². The molecule has 0 N–H and O–H groups in total. The molecular weight excluding hydrogens is 420 g/mol. The zero-order chi connectivity index (χ0) is 23.1. The first-order valence-electron chi connectivity index (χ1n) is 11.0.